The van der Waals surface area contributed by atoms with Gasteiger partial charge in [0.2, 0.25) is 11.8 Å². The molecule has 0 aliphatic carbocycles. The Kier molecular flexibility index (Phi) is 9.27. The molecular weight excluding hydrogens is 505 g/mol. The van der Waals surface area contributed by atoms with E-state index in [2.05, 4.69) is 5.32 Å². The van der Waals surface area contributed by atoms with Crippen LogP contribution in [0.5, 0.6) is 0 Å². The van der Waals surface area contributed by atoms with Gasteiger partial charge in [-0.25, -0.2) is 12.8 Å². The number of amides is 2. The third-order valence-electron chi connectivity index (χ3n) is 6.20. The highest BCUT2D eigenvalue weighted by molar-refractivity contribution is 7.92. The molecule has 3 aromatic rings. The SMILES string of the molecule is Cc1ccc(N(CC(=O)N(Cc2ccccc2C)[C@@H](C)C(=O)NC(C)C)S(=O)(=O)c2ccc(F)cc2)cc1. The number of hydrogen-bond donors (Lipinski definition) is 1. The van der Waals surface area contributed by atoms with E-state index in [9.17, 15) is 22.4 Å². The second kappa shape index (κ2) is 12.2. The topological polar surface area (TPSA) is 86.8 Å². The summed E-state index contributed by atoms with van der Waals surface area (Å²) in [7, 11) is -4.24. The maximum absolute atomic E-state index is 13.9. The van der Waals surface area contributed by atoms with Gasteiger partial charge in [0, 0.05) is 12.6 Å². The standard InChI is InChI=1S/C29H34FN3O4S/c1-20(2)31-29(35)23(5)32(18-24-9-7-6-8-22(24)4)28(34)19-33(26-14-10-21(3)11-15-26)38(36,37)27-16-12-25(30)13-17-27/h6-17,20,23H,18-19H2,1-5H3,(H,31,35)/t23-/m0/s1. The van der Waals surface area contributed by atoms with Crippen LogP contribution in [0.2, 0.25) is 0 Å². The van der Waals surface area contributed by atoms with Crippen LogP contribution in [-0.4, -0.2) is 43.8 Å². The van der Waals surface area contributed by atoms with Crippen molar-refractivity contribution in [3.05, 3.63) is 95.3 Å². The fourth-order valence-corrected chi connectivity index (χ4v) is 5.35. The summed E-state index contributed by atoms with van der Waals surface area (Å²) in [4.78, 5) is 28.0. The molecule has 38 heavy (non-hydrogen) atoms. The Morgan fingerprint density at radius 2 is 1.50 bits per heavy atom. The Labute approximate surface area is 224 Å². The van der Waals surface area contributed by atoms with E-state index in [-0.39, 0.29) is 29.1 Å². The first kappa shape index (κ1) is 28.8. The maximum Gasteiger partial charge on any atom is 0.264 e. The van der Waals surface area contributed by atoms with Crippen molar-refractivity contribution in [1.82, 2.24) is 10.2 Å². The molecule has 0 heterocycles. The first-order valence-electron chi connectivity index (χ1n) is 12.4. The summed E-state index contributed by atoms with van der Waals surface area (Å²) >= 11 is 0. The van der Waals surface area contributed by atoms with Crippen molar-refractivity contribution >= 4 is 27.5 Å². The second-order valence-corrected chi connectivity index (χ2v) is 11.5. The second-order valence-electron chi connectivity index (χ2n) is 9.59. The zero-order valence-corrected chi connectivity index (χ0v) is 23.1. The Hall–Kier alpha value is -3.72. The molecule has 0 aliphatic heterocycles. The van der Waals surface area contributed by atoms with Crippen molar-refractivity contribution in [3.63, 3.8) is 0 Å². The number of aryl methyl sites for hydroxylation is 2. The van der Waals surface area contributed by atoms with E-state index in [4.69, 9.17) is 0 Å². The minimum absolute atomic E-state index is 0.122. The van der Waals surface area contributed by atoms with Crippen molar-refractivity contribution in [2.75, 3.05) is 10.8 Å². The summed E-state index contributed by atoms with van der Waals surface area (Å²) in [5.41, 5.74) is 2.98. The number of anilines is 1. The zero-order valence-electron chi connectivity index (χ0n) is 22.3. The minimum atomic E-state index is -4.24. The van der Waals surface area contributed by atoms with Crippen molar-refractivity contribution in [1.29, 1.82) is 0 Å². The van der Waals surface area contributed by atoms with Gasteiger partial charge in [0.25, 0.3) is 10.0 Å². The lowest BCUT2D eigenvalue weighted by atomic mass is 10.1. The molecule has 0 aromatic heterocycles. The number of rotatable bonds is 10. The smallest absolute Gasteiger partial charge is 0.264 e. The van der Waals surface area contributed by atoms with E-state index in [0.717, 1.165) is 33.1 Å². The van der Waals surface area contributed by atoms with Crippen LogP contribution >= 0.6 is 0 Å². The number of nitrogens with one attached hydrogen (secondary N) is 1. The number of hydrogen-bond acceptors (Lipinski definition) is 4. The van der Waals surface area contributed by atoms with Crippen LogP contribution in [0, 0.1) is 19.7 Å². The molecule has 0 saturated carbocycles. The zero-order chi connectivity index (χ0) is 28.0. The molecule has 1 atom stereocenters. The molecule has 3 rings (SSSR count). The highest BCUT2D eigenvalue weighted by Crippen LogP contribution is 2.25. The third-order valence-corrected chi connectivity index (χ3v) is 7.99. The van der Waals surface area contributed by atoms with E-state index in [1.165, 1.54) is 17.0 Å². The van der Waals surface area contributed by atoms with Gasteiger partial charge < -0.3 is 10.2 Å². The van der Waals surface area contributed by atoms with Crippen LogP contribution in [0.4, 0.5) is 10.1 Å². The Morgan fingerprint density at radius 3 is 2.08 bits per heavy atom. The van der Waals surface area contributed by atoms with Gasteiger partial charge in [-0.3, -0.25) is 13.9 Å². The number of carbonyl (C=O) groups is 2. The number of benzene rings is 3. The summed E-state index contributed by atoms with van der Waals surface area (Å²) in [6.45, 7) is 8.63. The molecule has 3 aromatic carbocycles. The first-order chi connectivity index (χ1) is 17.9. The highest BCUT2D eigenvalue weighted by Gasteiger charge is 2.32. The largest absolute Gasteiger partial charge is 0.352 e. The van der Waals surface area contributed by atoms with Gasteiger partial charge in [-0.15, -0.1) is 0 Å². The number of halogens is 1. The molecule has 7 nitrogen and oxygen atoms in total. The Bertz CT molecular complexity index is 1370. The monoisotopic (exact) mass is 539 g/mol. The van der Waals surface area contributed by atoms with Gasteiger partial charge in [0.1, 0.15) is 18.4 Å². The van der Waals surface area contributed by atoms with E-state index in [1.807, 2.05) is 52.0 Å². The van der Waals surface area contributed by atoms with E-state index in [0.29, 0.717) is 0 Å². The van der Waals surface area contributed by atoms with Gasteiger partial charge in [0.15, 0.2) is 0 Å². The highest BCUT2D eigenvalue weighted by atomic mass is 32.2. The molecule has 0 spiro atoms. The van der Waals surface area contributed by atoms with E-state index >= 15 is 0 Å². The molecule has 0 radical (unpaired) electrons. The molecule has 0 bridgehead atoms. The van der Waals surface area contributed by atoms with Gasteiger partial charge in [-0.05, 0) is 82.1 Å². The fourth-order valence-electron chi connectivity index (χ4n) is 3.93. The molecule has 0 fully saturated rings. The molecule has 0 saturated heterocycles. The fraction of sp³-hybridized carbons (Fsp3) is 0.310. The van der Waals surface area contributed by atoms with Gasteiger partial charge in [0.05, 0.1) is 10.6 Å². The lowest BCUT2D eigenvalue weighted by Gasteiger charge is -2.32. The van der Waals surface area contributed by atoms with Crippen molar-refractivity contribution < 1.29 is 22.4 Å². The van der Waals surface area contributed by atoms with Crippen LogP contribution in [0.15, 0.2) is 77.7 Å². The van der Waals surface area contributed by atoms with Crippen molar-refractivity contribution in [2.45, 2.75) is 58.1 Å². The summed E-state index contributed by atoms with van der Waals surface area (Å²) < 4.78 is 42.0. The molecular formula is C29H34FN3O4S. The van der Waals surface area contributed by atoms with Crippen LogP contribution in [0.25, 0.3) is 0 Å². The van der Waals surface area contributed by atoms with Crippen LogP contribution in [0.1, 0.15) is 37.5 Å². The lowest BCUT2D eigenvalue weighted by molar-refractivity contribution is -0.139. The quantitative estimate of drug-likeness (QED) is 0.409. The van der Waals surface area contributed by atoms with Gasteiger partial charge in [-0.1, -0.05) is 42.0 Å². The summed E-state index contributed by atoms with van der Waals surface area (Å²) in [6, 6.07) is 17.7. The third kappa shape index (κ3) is 6.98. The van der Waals surface area contributed by atoms with Crippen LogP contribution in [-0.2, 0) is 26.2 Å². The Morgan fingerprint density at radius 1 is 0.895 bits per heavy atom. The van der Waals surface area contributed by atoms with Crippen LogP contribution in [0.3, 0.4) is 0 Å². The number of carbonyl (C=O) groups excluding carboxylic acids is 2. The first-order valence-corrected chi connectivity index (χ1v) is 13.8. The predicted molar refractivity (Wildman–Crippen MR) is 147 cm³/mol. The Balaban J connectivity index is 2.03. The lowest BCUT2D eigenvalue weighted by Crippen LogP contribution is -2.52. The number of sulfonamides is 1. The molecule has 2 amide bonds. The maximum atomic E-state index is 13.9. The predicted octanol–water partition coefficient (Wildman–Crippen LogP) is 4.58. The molecule has 9 heteroatoms. The van der Waals surface area contributed by atoms with Gasteiger partial charge in [-0.2, -0.15) is 0 Å². The van der Waals surface area contributed by atoms with Crippen LogP contribution < -0.4 is 9.62 Å². The average Bonchev–Trinajstić information content (AvgIpc) is 2.86. The summed E-state index contributed by atoms with van der Waals surface area (Å²) in [5.74, 6) is -1.47. The number of nitrogens with zero attached hydrogens (tertiary/aromatic N) is 2. The molecule has 1 N–H and O–H groups in total. The molecule has 0 aliphatic rings. The van der Waals surface area contributed by atoms with Crippen molar-refractivity contribution in [2.24, 2.45) is 0 Å². The molecule has 0 unspecified atom stereocenters. The normalized spacial score (nSPS) is 12.2. The van der Waals surface area contributed by atoms with Crippen molar-refractivity contribution in [3.8, 4) is 0 Å². The van der Waals surface area contributed by atoms with E-state index in [1.54, 1.807) is 31.2 Å². The summed E-state index contributed by atoms with van der Waals surface area (Å²) in [6.07, 6.45) is 0. The van der Waals surface area contributed by atoms with Gasteiger partial charge >= 0.3 is 0 Å². The van der Waals surface area contributed by atoms with E-state index < -0.39 is 34.3 Å². The molecule has 202 valence electrons. The summed E-state index contributed by atoms with van der Waals surface area (Å²) in [5, 5.41) is 2.83. The average molecular weight is 540 g/mol. The minimum Gasteiger partial charge on any atom is -0.352 e.